The van der Waals surface area contributed by atoms with Crippen LogP contribution in [0.15, 0.2) is 42.5 Å². The number of halogens is 1. The summed E-state index contributed by atoms with van der Waals surface area (Å²) in [5.74, 6) is 0.491. The Hall–Kier alpha value is -1.64. The first-order valence-electron chi connectivity index (χ1n) is 10.7. The summed E-state index contributed by atoms with van der Waals surface area (Å²) in [6, 6.07) is 14.2. The fraction of sp³-hybridized carbons (Fsp3) is 0.480. The van der Waals surface area contributed by atoms with Crippen molar-refractivity contribution in [2.75, 3.05) is 20.3 Å². The van der Waals surface area contributed by atoms with E-state index in [-0.39, 0.29) is 24.8 Å². The number of aliphatic hydroxyl groups excluding tert-OH is 1. The summed E-state index contributed by atoms with van der Waals surface area (Å²) in [6.07, 6.45) is 0.353. The van der Waals surface area contributed by atoms with Crippen molar-refractivity contribution in [2.24, 2.45) is 5.41 Å². The first-order chi connectivity index (χ1) is 14.8. The van der Waals surface area contributed by atoms with Crippen LogP contribution in [-0.4, -0.2) is 37.5 Å². The summed E-state index contributed by atoms with van der Waals surface area (Å²) in [5.41, 5.74) is 2.13. The minimum atomic E-state index is -0.802. The number of carbonyl (C=O) groups is 1. The average Bonchev–Trinajstić information content (AvgIpc) is 2.76. The third-order valence-electron chi connectivity index (χ3n) is 5.45. The van der Waals surface area contributed by atoms with Crippen LogP contribution in [0.5, 0.6) is 5.75 Å². The Labute approximate surface area is 199 Å². The molecular weight excluding hydrogens is 507 g/mol. The molecule has 2 aromatic carbocycles. The lowest BCUT2D eigenvalue weighted by Crippen LogP contribution is -2.40. The highest BCUT2D eigenvalue weighted by Crippen LogP contribution is 2.37. The van der Waals surface area contributed by atoms with E-state index in [0.29, 0.717) is 19.4 Å². The summed E-state index contributed by atoms with van der Waals surface area (Å²) in [4.78, 5) is 12.5. The Morgan fingerprint density at radius 3 is 2.35 bits per heavy atom. The minimum absolute atomic E-state index is 0.0220. The normalized spacial score (nSPS) is 13.5. The Balaban J connectivity index is 2.40. The van der Waals surface area contributed by atoms with Crippen LogP contribution in [-0.2, 0) is 14.3 Å². The molecule has 2 rings (SSSR count). The van der Waals surface area contributed by atoms with E-state index in [2.05, 4.69) is 46.9 Å². The highest BCUT2D eigenvalue weighted by Gasteiger charge is 2.39. The second-order valence-corrected chi connectivity index (χ2v) is 9.19. The average molecular weight is 540 g/mol. The highest BCUT2D eigenvalue weighted by molar-refractivity contribution is 14.1. The van der Waals surface area contributed by atoms with Gasteiger partial charge in [0.25, 0.3) is 0 Å². The molecule has 6 heteroatoms. The first-order valence-corrected chi connectivity index (χ1v) is 11.7. The van der Waals surface area contributed by atoms with Gasteiger partial charge in [-0.3, -0.25) is 4.79 Å². The second kappa shape index (κ2) is 11.8. The zero-order valence-corrected chi connectivity index (χ0v) is 21.1. The minimum Gasteiger partial charge on any atom is -0.496 e. The number of rotatable bonds is 11. The van der Waals surface area contributed by atoms with E-state index in [1.165, 1.54) is 0 Å². The zero-order valence-electron chi connectivity index (χ0n) is 19.0. The SMILES string of the molecule is CCOC(=O)C(C)(C)C(CC)OC(CCO)c1ccc(OC)c(-c2ccc(I)cc2)c1. The van der Waals surface area contributed by atoms with Gasteiger partial charge >= 0.3 is 5.97 Å². The van der Waals surface area contributed by atoms with Crippen LogP contribution in [0.1, 0.15) is 52.2 Å². The number of esters is 1. The Kier molecular flexibility index (Phi) is 9.78. The third kappa shape index (κ3) is 6.43. The topological polar surface area (TPSA) is 65.0 Å². The Morgan fingerprint density at radius 1 is 1.13 bits per heavy atom. The van der Waals surface area contributed by atoms with Crippen molar-refractivity contribution >= 4 is 28.6 Å². The fourth-order valence-electron chi connectivity index (χ4n) is 3.63. The van der Waals surface area contributed by atoms with Crippen LogP contribution in [0.2, 0.25) is 0 Å². The summed E-state index contributed by atoms with van der Waals surface area (Å²) in [6.45, 7) is 7.80. The molecule has 0 heterocycles. The largest absolute Gasteiger partial charge is 0.496 e. The van der Waals surface area contributed by atoms with Gasteiger partial charge in [-0.25, -0.2) is 0 Å². The molecule has 170 valence electrons. The van der Waals surface area contributed by atoms with Crippen molar-refractivity contribution in [1.82, 2.24) is 0 Å². The monoisotopic (exact) mass is 540 g/mol. The summed E-state index contributed by atoms with van der Waals surface area (Å²) < 4.78 is 18.5. The maximum atomic E-state index is 12.5. The number of aliphatic hydroxyl groups is 1. The lowest BCUT2D eigenvalue weighted by Gasteiger charge is -2.34. The molecule has 0 aliphatic carbocycles. The Morgan fingerprint density at radius 2 is 1.81 bits per heavy atom. The molecule has 0 spiro atoms. The molecule has 0 fully saturated rings. The van der Waals surface area contributed by atoms with Crippen LogP contribution >= 0.6 is 22.6 Å². The van der Waals surface area contributed by atoms with E-state index in [1.807, 2.05) is 39.0 Å². The van der Waals surface area contributed by atoms with Crippen LogP contribution < -0.4 is 4.74 Å². The predicted octanol–water partition coefficient (Wildman–Crippen LogP) is 5.77. The van der Waals surface area contributed by atoms with E-state index in [9.17, 15) is 9.90 Å². The molecule has 0 aliphatic heterocycles. The van der Waals surface area contributed by atoms with Crippen LogP contribution in [0, 0.1) is 8.99 Å². The van der Waals surface area contributed by atoms with Crippen LogP contribution in [0.3, 0.4) is 0 Å². The van der Waals surface area contributed by atoms with Crippen molar-refractivity contribution in [3.05, 3.63) is 51.6 Å². The number of benzene rings is 2. The van der Waals surface area contributed by atoms with E-state index >= 15 is 0 Å². The van der Waals surface area contributed by atoms with E-state index in [4.69, 9.17) is 14.2 Å². The van der Waals surface area contributed by atoms with E-state index < -0.39 is 5.41 Å². The molecular formula is C25H33IO5. The van der Waals surface area contributed by atoms with Crippen LogP contribution in [0.25, 0.3) is 11.1 Å². The molecule has 0 radical (unpaired) electrons. The second-order valence-electron chi connectivity index (χ2n) is 7.94. The van der Waals surface area contributed by atoms with Crippen LogP contribution in [0.4, 0.5) is 0 Å². The van der Waals surface area contributed by atoms with Gasteiger partial charge in [-0.2, -0.15) is 0 Å². The third-order valence-corrected chi connectivity index (χ3v) is 6.17. The number of ether oxygens (including phenoxy) is 3. The number of hydrogen-bond acceptors (Lipinski definition) is 5. The van der Waals surface area contributed by atoms with E-state index in [1.54, 1.807) is 14.0 Å². The van der Waals surface area contributed by atoms with Crippen molar-refractivity contribution in [3.63, 3.8) is 0 Å². The highest BCUT2D eigenvalue weighted by atomic mass is 127. The lowest BCUT2D eigenvalue weighted by molar-refractivity contribution is -0.167. The zero-order chi connectivity index (χ0) is 23.0. The standard InChI is InChI=1S/C25H33IO5/c1-6-23(25(3,4)24(28)30-7-2)31-21(14-15-27)18-10-13-22(29-5)20(16-18)17-8-11-19(26)12-9-17/h8-13,16,21,23,27H,6-7,14-15H2,1-5H3. The van der Waals surface area contributed by atoms with Crippen molar-refractivity contribution in [3.8, 4) is 16.9 Å². The van der Waals surface area contributed by atoms with Gasteiger partial charge in [-0.15, -0.1) is 0 Å². The lowest BCUT2D eigenvalue weighted by atomic mass is 9.84. The van der Waals surface area contributed by atoms with Gasteiger partial charge in [0.2, 0.25) is 0 Å². The van der Waals surface area contributed by atoms with Crippen molar-refractivity contribution in [1.29, 1.82) is 0 Å². The van der Waals surface area contributed by atoms with Gasteiger partial charge in [0.1, 0.15) is 5.75 Å². The van der Waals surface area contributed by atoms with Gasteiger partial charge in [-0.1, -0.05) is 25.1 Å². The molecule has 5 nitrogen and oxygen atoms in total. The predicted molar refractivity (Wildman–Crippen MR) is 131 cm³/mol. The van der Waals surface area contributed by atoms with Gasteiger partial charge in [0.05, 0.1) is 31.3 Å². The summed E-state index contributed by atoms with van der Waals surface area (Å²) in [7, 11) is 1.65. The fourth-order valence-corrected chi connectivity index (χ4v) is 3.99. The van der Waals surface area contributed by atoms with Gasteiger partial charge in [0.15, 0.2) is 0 Å². The molecule has 2 atom stereocenters. The quantitative estimate of drug-likeness (QED) is 0.290. The summed E-state index contributed by atoms with van der Waals surface area (Å²) >= 11 is 2.28. The summed E-state index contributed by atoms with van der Waals surface area (Å²) in [5, 5.41) is 9.70. The molecule has 0 aliphatic rings. The van der Waals surface area contributed by atoms with Gasteiger partial charge < -0.3 is 19.3 Å². The molecule has 0 bridgehead atoms. The molecule has 2 unspecified atom stereocenters. The van der Waals surface area contributed by atoms with Gasteiger partial charge in [0, 0.05) is 22.2 Å². The first kappa shape index (κ1) is 25.6. The maximum absolute atomic E-state index is 12.5. The molecule has 2 aromatic rings. The number of hydrogen-bond donors (Lipinski definition) is 1. The number of methoxy groups -OCH3 is 1. The van der Waals surface area contributed by atoms with Crippen molar-refractivity contribution in [2.45, 2.75) is 52.7 Å². The van der Waals surface area contributed by atoms with E-state index in [0.717, 1.165) is 26.0 Å². The molecule has 1 N–H and O–H groups in total. The molecule has 0 aromatic heterocycles. The molecule has 31 heavy (non-hydrogen) atoms. The smallest absolute Gasteiger partial charge is 0.314 e. The number of carbonyl (C=O) groups excluding carboxylic acids is 1. The molecule has 0 amide bonds. The van der Waals surface area contributed by atoms with Gasteiger partial charge in [-0.05, 0) is 85.2 Å². The maximum Gasteiger partial charge on any atom is 0.314 e. The molecule has 0 saturated carbocycles. The molecule has 0 saturated heterocycles. The van der Waals surface area contributed by atoms with Crippen molar-refractivity contribution < 1.29 is 24.1 Å². The Bertz CT molecular complexity index is 847.